The fourth-order valence-electron chi connectivity index (χ4n) is 2.59. The number of nitrogens with two attached hydrogens (primary N) is 1. The van der Waals surface area contributed by atoms with E-state index >= 15 is 0 Å². The van der Waals surface area contributed by atoms with Gasteiger partial charge < -0.3 is 11.1 Å². The summed E-state index contributed by atoms with van der Waals surface area (Å²) in [5, 5.41) is 3.07. The highest BCUT2D eigenvalue weighted by atomic mass is 16.2. The van der Waals surface area contributed by atoms with E-state index in [2.05, 4.69) is 17.1 Å². The molecule has 1 aliphatic carbocycles. The molecule has 4 heteroatoms. The van der Waals surface area contributed by atoms with Crippen molar-refractivity contribution < 1.29 is 4.79 Å². The van der Waals surface area contributed by atoms with Crippen LogP contribution in [0.4, 0.5) is 0 Å². The fraction of sp³-hybridized carbons (Fsp3) is 0.923. The normalized spacial score (nSPS) is 25.3. The van der Waals surface area contributed by atoms with Crippen LogP contribution in [0.3, 0.4) is 0 Å². The zero-order chi connectivity index (χ0) is 12.3. The zero-order valence-electron chi connectivity index (χ0n) is 10.9. The fourth-order valence-corrected chi connectivity index (χ4v) is 2.59. The van der Waals surface area contributed by atoms with Crippen LogP contribution in [0.5, 0.6) is 0 Å². The smallest absolute Gasteiger partial charge is 0.227 e. The SMILES string of the molecule is CC(CNC(=O)C1(CN)CC1)N1CCCCC1. The van der Waals surface area contributed by atoms with E-state index in [-0.39, 0.29) is 11.3 Å². The van der Waals surface area contributed by atoms with Gasteiger partial charge in [-0.05, 0) is 45.7 Å². The molecule has 98 valence electrons. The molecule has 1 heterocycles. The van der Waals surface area contributed by atoms with E-state index in [1.165, 1.54) is 32.4 Å². The summed E-state index contributed by atoms with van der Waals surface area (Å²) in [7, 11) is 0. The van der Waals surface area contributed by atoms with Crippen molar-refractivity contribution in [3.63, 3.8) is 0 Å². The number of carbonyl (C=O) groups is 1. The summed E-state index contributed by atoms with van der Waals surface area (Å²) in [6.45, 7) is 5.82. The molecule has 4 nitrogen and oxygen atoms in total. The largest absolute Gasteiger partial charge is 0.354 e. The van der Waals surface area contributed by atoms with Crippen LogP contribution in [0.25, 0.3) is 0 Å². The van der Waals surface area contributed by atoms with E-state index in [1.54, 1.807) is 0 Å². The van der Waals surface area contributed by atoms with Crippen LogP contribution in [0.15, 0.2) is 0 Å². The Morgan fingerprint density at radius 1 is 1.35 bits per heavy atom. The Bertz CT molecular complexity index is 270. The molecule has 2 rings (SSSR count). The molecule has 0 radical (unpaired) electrons. The number of nitrogens with one attached hydrogen (secondary N) is 1. The van der Waals surface area contributed by atoms with Crippen LogP contribution < -0.4 is 11.1 Å². The molecule has 0 spiro atoms. The van der Waals surface area contributed by atoms with Crippen LogP contribution in [-0.2, 0) is 4.79 Å². The van der Waals surface area contributed by atoms with Crippen LogP contribution >= 0.6 is 0 Å². The molecule has 0 aromatic heterocycles. The minimum atomic E-state index is -0.207. The molecule has 1 aliphatic heterocycles. The lowest BCUT2D eigenvalue weighted by Gasteiger charge is -2.32. The minimum Gasteiger partial charge on any atom is -0.354 e. The highest BCUT2D eigenvalue weighted by Gasteiger charge is 2.48. The summed E-state index contributed by atoms with van der Waals surface area (Å²) in [4.78, 5) is 14.4. The van der Waals surface area contributed by atoms with Gasteiger partial charge in [0.1, 0.15) is 0 Å². The van der Waals surface area contributed by atoms with Crippen LogP contribution in [0.2, 0.25) is 0 Å². The third-order valence-electron chi connectivity index (χ3n) is 4.30. The van der Waals surface area contributed by atoms with Gasteiger partial charge in [0.15, 0.2) is 0 Å². The van der Waals surface area contributed by atoms with Gasteiger partial charge in [-0.2, -0.15) is 0 Å². The molecule has 2 aliphatic rings. The lowest BCUT2D eigenvalue weighted by molar-refractivity contribution is -0.126. The topological polar surface area (TPSA) is 58.4 Å². The Kier molecular flexibility index (Phi) is 4.05. The molecule has 2 fully saturated rings. The van der Waals surface area contributed by atoms with E-state index in [0.717, 1.165) is 19.4 Å². The quantitative estimate of drug-likeness (QED) is 0.743. The average Bonchev–Trinajstić information content (AvgIpc) is 3.17. The monoisotopic (exact) mass is 239 g/mol. The van der Waals surface area contributed by atoms with Crippen molar-refractivity contribution in [1.29, 1.82) is 0 Å². The van der Waals surface area contributed by atoms with E-state index in [1.807, 2.05) is 0 Å². The lowest BCUT2D eigenvalue weighted by atomic mass is 10.1. The van der Waals surface area contributed by atoms with E-state index in [0.29, 0.717) is 12.6 Å². The summed E-state index contributed by atoms with van der Waals surface area (Å²) in [5.41, 5.74) is 5.44. The van der Waals surface area contributed by atoms with Gasteiger partial charge in [0.2, 0.25) is 5.91 Å². The van der Waals surface area contributed by atoms with E-state index in [4.69, 9.17) is 5.73 Å². The van der Waals surface area contributed by atoms with Gasteiger partial charge in [0.25, 0.3) is 0 Å². The van der Waals surface area contributed by atoms with Gasteiger partial charge in [-0.25, -0.2) is 0 Å². The number of likely N-dealkylation sites (tertiary alicyclic amines) is 1. The highest BCUT2D eigenvalue weighted by Crippen LogP contribution is 2.44. The Labute approximate surface area is 104 Å². The van der Waals surface area contributed by atoms with Gasteiger partial charge in [-0.1, -0.05) is 6.42 Å². The molecule has 0 aromatic rings. The first kappa shape index (κ1) is 12.8. The first-order valence-corrected chi connectivity index (χ1v) is 6.90. The maximum atomic E-state index is 11.9. The van der Waals surface area contributed by atoms with Gasteiger partial charge >= 0.3 is 0 Å². The van der Waals surface area contributed by atoms with Crippen molar-refractivity contribution >= 4 is 5.91 Å². The number of rotatable bonds is 5. The van der Waals surface area contributed by atoms with Crippen molar-refractivity contribution in [1.82, 2.24) is 10.2 Å². The second kappa shape index (κ2) is 5.36. The first-order chi connectivity index (χ1) is 8.18. The third kappa shape index (κ3) is 2.99. The van der Waals surface area contributed by atoms with Crippen molar-refractivity contribution in [3.05, 3.63) is 0 Å². The average molecular weight is 239 g/mol. The van der Waals surface area contributed by atoms with Gasteiger partial charge in [-0.15, -0.1) is 0 Å². The predicted octanol–water partition coefficient (Wildman–Crippen LogP) is 0.716. The molecule has 1 unspecified atom stereocenters. The summed E-state index contributed by atoms with van der Waals surface area (Å²) < 4.78 is 0. The molecule has 1 atom stereocenters. The predicted molar refractivity (Wildman–Crippen MR) is 68.6 cm³/mol. The highest BCUT2D eigenvalue weighted by molar-refractivity contribution is 5.85. The summed E-state index contributed by atoms with van der Waals surface area (Å²) >= 11 is 0. The second-order valence-electron chi connectivity index (χ2n) is 5.64. The number of hydrogen-bond acceptors (Lipinski definition) is 3. The molecule has 0 bridgehead atoms. The standard InChI is InChI=1S/C13H25N3O/c1-11(16-7-3-2-4-8-16)9-15-12(17)13(10-14)5-6-13/h11H,2-10,14H2,1H3,(H,15,17). The summed E-state index contributed by atoms with van der Waals surface area (Å²) in [6.07, 6.45) is 5.88. The molecule has 1 amide bonds. The number of piperidine rings is 1. The first-order valence-electron chi connectivity index (χ1n) is 6.90. The molecular formula is C13H25N3O. The van der Waals surface area contributed by atoms with Crippen molar-refractivity contribution in [2.75, 3.05) is 26.2 Å². The molecule has 0 aromatic carbocycles. The van der Waals surface area contributed by atoms with Crippen LogP contribution in [0.1, 0.15) is 39.0 Å². The Morgan fingerprint density at radius 3 is 2.53 bits per heavy atom. The van der Waals surface area contributed by atoms with Crippen LogP contribution in [0, 0.1) is 5.41 Å². The van der Waals surface area contributed by atoms with Crippen molar-refractivity contribution in [2.45, 2.75) is 45.1 Å². The van der Waals surface area contributed by atoms with Gasteiger partial charge in [0.05, 0.1) is 5.41 Å². The maximum Gasteiger partial charge on any atom is 0.227 e. The molecule has 17 heavy (non-hydrogen) atoms. The number of hydrogen-bond donors (Lipinski definition) is 2. The number of carbonyl (C=O) groups excluding carboxylic acids is 1. The number of amides is 1. The van der Waals surface area contributed by atoms with Crippen LogP contribution in [-0.4, -0.2) is 43.0 Å². The Hall–Kier alpha value is -0.610. The maximum absolute atomic E-state index is 11.9. The van der Waals surface area contributed by atoms with Gasteiger partial charge in [-0.3, -0.25) is 9.69 Å². The molecular weight excluding hydrogens is 214 g/mol. The molecule has 1 saturated carbocycles. The van der Waals surface area contributed by atoms with E-state index in [9.17, 15) is 4.79 Å². The van der Waals surface area contributed by atoms with Gasteiger partial charge in [0, 0.05) is 19.1 Å². The third-order valence-corrected chi connectivity index (χ3v) is 4.30. The molecule has 1 saturated heterocycles. The molecule has 3 N–H and O–H groups in total. The second-order valence-corrected chi connectivity index (χ2v) is 5.64. The van der Waals surface area contributed by atoms with E-state index < -0.39 is 0 Å². The minimum absolute atomic E-state index is 0.170. The summed E-state index contributed by atoms with van der Waals surface area (Å²) in [5.74, 6) is 0.170. The number of nitrogens with zero attached hydrogens (tertiary/aromatic N) is 1. The Balaban J connectivity index is 1.72. The van der Waals surface area contributed by atoms with Crippen molar-refractivity contribution in [2.24, 2.45) is 11.1 Å². The summed E-state index contributed by atoms with van der Waals surface area (Å²) in [6, 6.07) is 0.452. The van der Waals surface area contributed by atoms with Crippen molar-refractivity contribution in [3.8, 4) is 0 Å². The zero-order valence-corrected chi connectivity index (χ0v) is 10.9. The lowest BCUT2D eigenvalue weighted by Crippen LogP contribution is -2.46. The Morgan fingerprint density at radius 2 is 2.00 bits per heavy atom.